The van der Waals surface area contributed by atoms with Crippen LogP contribution in [-0.4, -0.2) is 39.0 Å². The lowest BCUT2D eigenvalue weighted by atomic mass is 9.91. The fourth-order valence-electron chi connectivity index (χ4n) is 6.60. The average Bonchev–Trinajstić information content (AvgIpc) is 3.75. The van der Waals surface area contributed by atoms with Gasteiger partial charge in [0.1, 0.15) is 16.6 Å². The summed E-state index contributed by atoms with van der Waals surface area (Å²) in [6.07, 6.45) is 5.32. The van der Waals surface area contributed by atoms with E-state index in [-0.39, 0.29) is 5.92 Å². The van der Waals surface area contributed by atoms with Crippen LogP contribution in [0.15, 0.2) is 52.9 Å². The van der Waals surface area contributed by atoms with Crippen molar-refractivity contribution in [3.63, 3.8) is 0 Å². The molecule has 2 aromatic heterocycles. The Morgan fingerprint density at radius 1 is 1.05 bits per heavy atom. The summed E-state index contributed by atoms with van der Waals surface area (Å²) >= 11 is 1.84. The van der Waals surface area contributed by atoms with Crippen LogP contribution in [0.1, 0.15) is 52.1 Å². The number of aromatic nitrogens is 2. The van der Waals surface area contributed by atoms with E-state index >= 15 is 0 Å². The molecule has 0 unspecified atom stereocenters. The summed E-state index contributed by atoms with van der Waals surface area (Å²) in [5, 5.41) is 20.4. The number of carboxylic acids is 1. The Kier molecular flexibility index (Phi) is 7.08. The zero-order valence-electron chi connectivity index (χ0n) is 24.3. The number of fused-ring (bicyclic) bond motifs is 2. The maximum atomic E-state index is 11.4. The van der Waals surface area contributed by atoms with Crippen molar-refractivity contribution in [2.45, 2.75) is 52.5 Å². The predicted octanol–water partition coefficient (Wildman–Crippen LogP) is 7.56. The van der Waals surface area contributed by atoms with Crippen molar-refractivity contribution in [2.24, 2.45) is 5.92 Å². The third kappa shape index (κ3) is 5.03. The number of benzene rings is 3. The Hall–Kier alpha value is -4.32. The molecule has 7 rings (SSSR count). The monoisotopic (exact) mass is 588 g/mol. The second kappa shape index (κ2) is 11.1. The van der Waals surface area contributed by atoms with E-state index in [1.54, 1.807) is 0 Å². The topological polar surface area (TPSA) is 103 Å². The molecule has 0 spiro atoms. The molecule has 1 aliphatic carbocycles. The molecular formula is C35H32N4O3S. The van der Waals surface area contributed by atoms with Crippen LogP contribution < -0.4 is 0 Å². The second-order valence-corrected chi connectivity index (χ2v) is 12.8. The van der Waals surface area contributed by atoms with Crippen LogP contribution in [0.4, 0.5) is 0 Å². The molecule has 3 heterocycles. The van der Waals surface area contributed by atoms with Crippen LogP contribution in [0.3, 0.4) is 0 Å². The lowest BCUT2D eigenvalue weighted by Gasteiger charge is -2.15. The third-order valence-electron chi connectivity index (χ3n) is 8.96. The van der Waals surface area contributed by atoms with Gasteiger partial charge in [0, 0.05) is 29.1 Å². The zero-order valence-corrected chi connectivity index (χ0v) is 25.1. The van der Waals surface area contributed by atoms with E-state index in [2.05, 4.69) is 49.1 Å². The lowest BCUT2D eigenvalue weighted by molar-refractivity contribution is -0.141. The number of carbonyl (C=O) groups is 1. The molecule has 5 aromatic rings. The lowest BCUT2D eigenvalue weighted by Crippen LogP contribution is -2.22. The van der Waals surface area contributed by atoms with Crippen molar-refractivity contribution in [3.8, 4) is 39.2 Å². The molecule has 7 nitrogen and oxygen atoms in total. The Morgan fingerprint density at radius 2 is 1.77 bits per heavy atom. The molecule has 2 aliphatic rings. The summed E-state index contributed by atoms with van der Waals surface area (Å²) in [5.41, 5.74) is 10.3. The number of thiazole rings is 1. The number of hydrogen-bond donors (Lipinski definition) is 1. The Bertz CT molecular complexity index is 1910. The molecule has 1 aliphatic heterocycles. The van der Waals surface area contributed by atoms with Crippen LogP contribution in [0, 0.1) is 31.1 Å². The largest absolute Gasteiger partial charge is 0.481 e. The minimum Gasteiger partial charge on any atom is -0.481 e. The number of hydrogen-bond acceptors (Lipinski definition) is 7. The number of rotatable bonds is 6. The number of aryl methyl sites for hydroxylation is 2. The molecule has 0 bridgehead atoms. The minimum atomic E-state index is -0.752. The minimum absolute atomic E-state index is 0.343. The number of carboxylic acid groups (broad SMARTS) is 1. The van der Waals surface area contributed by atoms with Gasteiger partial charge in [-0.3, -0.25) is 9.69 Å². The Balaban J connectivity index is 1.23. The molecule has 0 amide bonds. The van der Waals surface area contributed by atoms with Crippen LogP contribution in [0.5, 0.6) is 0 Å². The molecule has 8 heteroatoms. The standard InChI is InChI=1S/C35H32N4O3S/c1-20-25(26-8-6-10-28(21(26)2)34-38-29-11-3-4-12-31(29)43-34)7-5-9-27(20)33-37-30-16-22(15-24(17-36)32(30)42-33)18-39-14-13-23(19-39)35(40)41/h5-10,15-16,23H,3-4,11-14,18-19H2,1-2H3,(H,40,41)/t23-/m0/s1. The molecule has 0 saturated carbocycles. The number of aliphatic carboxylic acids is 1. The van der Waals surface area contributed by atoms with E-state index in [4.69, 9.17) is 14.4 Å². The van der Waals surface area contributed by atoms with Gasteiger partial charge in [0.05, 0.1) is 17.2 Å². The first-order valence-electron chi connectivity index (χ1n) is 14.9. The molecular weight excluding hydrogens is 556 g/mol. The van der Waals surface area contributed by atoms with Crippen LogP contribution in [0.25, 0.3) is 44.3 Å². The van der Waals surface area contributed by atoms with E-state index in [9.17, 15) is 15.2 Å². The van der Waals surface area contributed by atoms with Crippen LogP contribution >= 0.6 is 11.3 Å². The van der Waals surface area contributed by atoms with Crippen molar-refractivity contribution in [1.82, 2.24) is 14.9 Å². The highest BCUT2D eigenvalue weighted by Gasteiger charge is 2.28. The van der Waals surface area contributed by atoms with Gasteiger partial charge in [-0.2, -0.15) is 5.26 Å². The fourth-order valence-corrected chi connectivity index (χ4v) is 7.83. The summed E-state index contributed by atoms with van der Waals surface area (Å²) in [6, 6.07) is 18.7. The van der Waals surface area contributed by atoms with Crippen LogP contribution in [0.2, 0.25) is 0 Å². The molecule has 3 aromatic carbocycles. The first-order valence-corrected chi connectivity index (χ1v) is 15.7. The summed E-state index contributed by atoms with van der Waals surface area (Å²) in [6.45, 7) is 6.07. The first-order chi connectivity index (χ1) is 20.9. The molecule has 1 atom stereocenters. The maximum Gasteiger partial charge on any atom is 0.307 e. The van der Waals surface area contributed by atoms with Crippen molar-refractivity contribution < 1.29 is 14.3 Å². The summed E-state index contributed by atoms with van der Waals surface area (Å²) in [7, 11) is 0. The maximum absolute atomic E-state index is 11.4. The molecule has 1 N–H and O–H groups in total. The Morgan fingerprint density at radius 3 is 2.49 bits per heavy atom. The van der Waals surface area contributed by atoms with E-state index in [1.165, 1.54) is 34.5 Å². The number of nitriles is 1. The normalized spacial score (nSPS) is 16.8. The van der Waals surface area contributed by atoms with E-state index in [1.807, 2.05) is 35.6 Å². The van der Waals surface area contributed by atoms with Crippen molar-refractivity contribution in [3.05, 3.63) is 81.4 Å². The zero-order chi connectivity index (χ0) is 29.7. The average molecular weight is 589 g/mol. The van der Waals surface area contributed by atoms with Crippen molar-refractivity contribution in [2.75, 3.05) is 13.1 Å². The molecule has 1 saturated heterocycles. The number of nitrogens with zero attached hydrogens (tertiary/aromatic N) is 4. The van der Waals surface area contributed by atoms with E-state index in [0.29, 0.717) is 42.1 Å². The summed E-state index contributed by atoms with van der Waals surface area (Å²) < 4.78 is 6.26. The fraction of sp³-hybridized carbons (Fsp3) is 0.314. The molecule has 43 heavy (non-hydrogen) atoms. The summed E-state index contributed by atoms with van der Waals surface area (Å²) in [5.74, 6) is -0.612. The van der Waals surface area contributed by atoms with Crippen molar-refractivity contribution >= 4 is 28.4 Å². The molecule has 216 valence electrons. The quantitative estimate of drug-likeness (QED) is 0.218. The van der Waals surface area contributed by atoms with Gasteiger partial charge in [0.15, 0.2) is 5.58 Å². The highest BCUT2D eigenvalue weighted by molar-refractivity contribution is 7.15. The van der Waals surface area contributed by atoms with E-state index < -0.39 is 5.97 Å². The molecule has 1 fully saturated rings. The van der Waals surface area contributed by atoms with Gasteiger partial charge in [-0.1, -0.05) is 30.3 Å². The SMILES string of the molecule is Cc1c(-c2nc3cc(CN4CC[C@H](C(=O)O)C4)cc(C#N)c3o2)cccc1-c1cccc(-c2nc3c(s2)CCCC3)c1C. The molecule has 0 radical (unpaired) electrons. The van der Waals surface area contributed by atoms with Crippen LogP contribution in [-0.2, 0) is 24.2 Å². The second-order valence-electron chi connectivity index (χ2n) is 11.7. The number of oxazole rings is 1. The van der Waals surface area contributed by atoms with Gasteiger partial charge in [-0.15, -0.1) is 11.3 Å². The van der Waals surface area contributed by atoms with Gasteiger partial charge in [-0.25, -0.2) is 9.97 Å². The van der Waals surface area contributed by atoms with E-state index in [0.717, 1.165) is 52.2 Å². The van der Waals surface area contributed by atoms with Gasteiger partial charge < -0.3 is 9.52 Å². The van der Waals surface area contributed by atoms with Crippen molar-refractivity contribution in [1.29, 1.82) is 5.26 Å². The van der Waals surface area contributed by atoms with Gasteiger partial charge in [-0.05, 0) is 98.5 Å². The smallest absolute Gasteiger partial charge is 0.307 e. The highest BCUT2D eigenvalue weighted by Crippen LogP contribution is 2.40. The van der Waals surface area contributed by atoms with Gasteiger partial charge in [0.2, 0.25) is 5.89 Å². The highest BCUT2D eigenvalue weighted by atomic mass is 32.1. The summed E-state index contributed by atoms with van der Waals surface area (Å²) in [4.78, 5) is 24.8. The Labute approximate surface area is 254 Å². The van der Waals surface area contributed by atoms with Gasteiger partial charge in [0.25, 0.3) is 0 Å². The predicted molar refractivity (Wildman–Crippen MR) is 168 cm³/mol. The number of likely N-dealkylation sites (tertiary alicyclic amines) is 1. The first kappa shape index (κ1) is 27.5. The third-order valence-corrected chi connectivity index (χ3v) is 10.2. The van der Waals surface area contributed by atoms with Gasteiger partial charge >= 0.3 is 5.97 Å².